The molecule has 0 amide bonds. The van der Waals surface area contributed by atoms with Crippen molar-refractivity contribution in [2.24, 2.45) is 5.73 Å². The molecular formula is C19H23NO2. The molecule has 0 bridgehead atoms. The summed E-state index contributed by atoms with van der Waals surface area (Å²) in [5, 5.41) is 0. The number of nitrogens with two attached hydrogens (primary N) is 1. The van der Waals surface area contributed by atoms with E-state index in [-0.39, 0.29) is 12.1 Å². The quantitative estimate of drug-likeness (QED) is 0.825. The largest absolute Gasteiger partial charge is 0.459 e. The Hall–Kier alpha value is -2.13. The molecule has 2 rings (SSSR count). The first kappa shape index (κ1) is 16.2. The number of hydrogen-bond donors (Lipinski definition) is 1. The molecule has 0 spiro atoms. The minimum absolute atomic E-state index is 0.113. The standard InChI is InChI=1S/C19H23NO2/c1-14(2)22-19(21)18-7-3-6-17(13-18)16-10-8-15(9-11-16)5-4-12-20/h3,6-11,13-14H,4-5,12,20H2,1-2H3. The predicted molar refractivity (Wildman–Crippen MR) is 89.8 cm³/mol. The van der Waals surface area contributed by atoms with Crippen molar-refractivity contribution in [2.45, 2.75) is 32.8 Å². The molecule has 0 aromatic heterocycles. The monoisotopic (exact) mass is 297 g/mol. The second-order valence-electron chi connectivity index (χ2n) is 5.62. The average molecular weight is 297 g/mol. The Labute approximate surface area is 132 Å². The van der Waals surface area contributed by atoms with Gasteiger partial charge in [-0.3, -0.25) is 0 Å². The lowest BCUT2D eigenvalue weighted by Gasteiger charge is -2.09. The van der Waals surface area contributed by atoms with E-state index >= 15 is 0 Å². The summed E-state index contributed by atoms with van der Waals surface area (Å²) in [5.74, 6) is -0.281. The SMILES string of the molecule is CC(C)OC(=O)c1cccc(-c2ccc(CCCN)cc2)c1. The van der Waals surface area contributed by atoms with E-state index in [2.05, 4.69) is 24.3 Å². The maximum Gasteiger partial charge on any atom is 0.338 e. The highest BCUT2D eigenvalue weighted by atomic mass is 16.5. The van der Waals surface area contributed by atoms with Crippen LogP contribution in [0.5, 0.6) is 0 Å². The fourth-order valence-corrected chi connectivity index (χ4v) is 2.28. The van der Waals surface area contributed by atoms with Crippen molar-refractivity contribution in [3.8, 4) is 11.1 Å². The molecule has 0 unspecified atom stereocenters. The zero-order valence-corrected chi connectivity index (χ0v) is 13.2. The van der Waals surface area contributed by atoms with E-state index in [4.69, 9.17) is 10.5 Å². The molecule has 2 aromatic carbocycles. The molecule has 0 aliphatic carbocycles. The number of ether oxygens (including phenoxy) is 1. The number of esters is 1. The first-order chi connectivity index (χ1) is 10.6. The third-order valence-corrected chi connectivity index (χ3v) is 3.40. The van der Waals surface area contributed by atoms with Crippen LogP contribution in [0, 0.1) is 0 Å². The van der Waals surface area contributed by atoms with Gasteiger partial charge in [-0.25, -0.2) is 4.79 Å². The minimum Gasteiger partial charge on any atom is -0.459 e. The third-order valence-electron chi connectivity index (χ3n) is 3.40. The van der Waals surface area contributed by atoms with E-state index in [9.17, 15) is 4.79 Å². The van der Waals surface area contributed by atoms with E-state index in [1.807, 2.05) is 32.0 Å². The molecule has 2 N–H and O–H groups in total. The van der Waals surface area contributed by atoms with Crippen molar-refractivity contribution in [1.82, 2.24) is 0 Å². The Morgan fingerprint density at radius 2 is 1.82 bits per heavy atom. The van der Waals surface area contributed by atoms with Gasteiger partial charge in [0.1, 0.15) is 0 Å². The third kappa shape index (κ3) is 4.43. The molecule has 0 aliphatic rings. The zero-order valence-electron chi connectivity index (χ0n) is 13.2. The minimum atomic E-state index is -0.281. The molecule has 22 heavy (non-hydrogen) atoms. The lowest BCUT2D eigenvalue weighted by Crippen LogP contribution is -2.11. The van der Waals surface area contributed by atoms with Crippen LogP contribution < -0.4 is 5.73 Å². The van der Waals surface area contributed by atoms with Crippen molar-refractivity contribution in [3.63, 3.8) is 0 Å². The van der Waals surface area contributed by atoms with Crippen LogP contribution in [0.4, 0.5) is 0 Å². The van der Waals surface area contributed by atoms with Crippen molar-refractivity contribution < 1.29 is 9.53 Å². The average Bonchev–Trinajstić information content (AvgIpc) is 2.53. The fourth-order valence-electron chi connectivity index (χ4n) is 2.28. The Morgan fingerprint density at radius 3 is 2.45 bits per heavy atom. The number of carbonyl (C=O) groups is 1. The normalized spacial score (nSPS) is 10.7. The van der Waals surface area contributed by atoms with Crippen LogP contribution in [0.1, 0.15) is 36.2 Å². The summed E-state index contributed by atoms with van der Waals surface area (Å²) in [6.45, 7) is 4.41. The maximum atomic E-state index is 12.0. The Bertz CT molecular complexity index is 618. The van der Waals surface area contributed by atoms with Gasteiger partial charge in [-0.05, 0) is 62.1 Å². The lowest BCUT2D eigenvalue weighted by molar-refractivity contribution is 0.0378. The van der Waals surface area contributed by atoms with Crippen molar-refractivity contribution >= 4 is 5.97 Å². The molecule has 3 heteroatoms. The van der Waals surface area contributed by atoms with E-state index < -0.39 is 0 Å². The molecule has 0 saturated carbocycles. The molecule has 0 radical (unpaired) electrons. The molecule has 0 saturated heterocycles. The molecule has 0 atom stereocenters. The van der Waals surface area contributed by atoms with E-state index in [0.717, 1.165) is 24.0 Å². The van der Waals surface area contributed by atoms with Gasteiger partial charge in [-0.15, -0.1) is 0 Å². The molecule has 0 aliphatic heterocycles. The molecule has 3 nitrogen and oxygen atoms in total. The van der Waals surface area contributed by atoms with Gasteiger partial charge in [0.15, 0.2) is 0 Å². The highest BCUT2D eigenvalue weighted by Gasteiger charge is 2.10. The summed E-state index contributed by atoms with van der Waals surface area (Å²) in [7, 11) is 0. The topological polar surface area (TPSA) is 52.3 Å². The van der Waals surface area contributed by atoms with Gasteiger partial charge in [0.2, 0.25) is 0 Å². The molecule has 2 aromatic rings. The number of aryl methyl sites for hydroxylation is 1. The number of hydrogen-bond acceptors (Lipinski definition) is 3. The van der Waals surface area contributed by atoms with Crippen molar-refractivity contribution in [3.05, 3.63) is 59.7 Å². The molecular weight excluding hydrogens is 274 g/mol. The van der Waals surface area contributed by atoms with Crippen molar-refractivity contribution in [2.75, 3.05) is 6.54 Å². The van der Waals surface area contributed by atoms with Crippen LogP contribution in [0.15, 0.2) is 48.5 Å². The molecule has 116 valence electrons. The summed E-state index contributed by atoms with van der Waals surface area (Å²) in [4.78, 5) is 12.0. The van der Waals surface area contributed by atoms with Crippen LogP contribution in [-0.4, -0.2) is 18.6 Å². The summed E-state index contributed by atoms with van der Waals surface area (Å²) in [5.41, 5.74) is 9.51. The summed E-state index contributed by atoms with van der Waals surface area (Å²) < 4.78 is 5.24. The van der Waals surface area contributed by atoms with Gasteiger partial charge >= 0.3 is 5.97 Å². The summed E-state index contributed by atoms with van der Waals surface area (Å²) in [6, 6.07) is 15.9. The second kappa shape index (κ2) is 7.76. The highest BCUT2D eigenvalue weighted by molar-refractivity contribution is 5.91. The van der Waals surface area contributed by atoms with E-state index in [0.29, 0.717) is 12.1 Å². The van der Waals surface area contributed by atoms with Crippen LogP contribution in [0.3, 0.4) is 0 Å². The Morgan fingerprint density at radius 1 is 1.09 bits per heavy atom. The van der Waals surface area contributed by atoms with Gasteiger partial charge in [-0.1, -0.05) is 36.4 Å². The number of carbonyl (C=O) groups excluding carboxylic acids is 1. The van der Waals surface area contributed by atoms with Gasteiger partial charge < -0.3 is 10.5 Å². The Balaban J connectivity index is 2.17. The predicted octanol–water partition coefficient (Wildman–Crippen LogP) is 3.81. The van der Waals surface area contributed by atoms with Gasteiger partial charge in [0, 0.05) is 0 Å². The number of rotatable bonds is 6. The van der Waals surface area contributed by atoms with Crippen LogP contribution >= 0.6 is 0 Å². The first-order valence-corrected chi connectivity index (χ1v) is 7.70. The van der Waals surface area contributed by atoms with E-state index in [1.165, 1.54) is 5.56 Å². The van der Waals surface area contributed by atoms with Gasteiger partial charge in [0.25, 0.3) is 0 Å². The molecule has 0 heterocycles. The summed E-state index contributed by atoms with van der Waals surface area (Å²) >= 11 is 0. The van der Waals surface area contributed by atoms with Gasteiger partial charge in [0.05, 0.1) is 11.7 Å². The zero-order chi connectivity index (χ0) is 15.9. The smallest absolute Gasteiger partial charge is 0.338 e. The lowest BCUT2D eigenvalue weighted by atomic mass is 10.0. The summed E-state index contributed by atoms with van der Waals surface area (Å²) in [6.07, 6.45) is 1.88. The van der Waals surface area contributed by atoms with Crippen LogP contribution in [0.25, 0.3) is 11.1 Å². The fraction of sp³-hybridized carbons (Fsp3) is 0.316. The highest BCUT2D eigenvalue weighted by Crippen LogP contribution is 2.22. The maximum absolute atomic E-state index is 12.0. The second-order valence-corrected chi connectivity index (χ2v) is 5.62. The first-order valence-electron chi connectivity index (χ1n) is 7.70. The van der Waals surface area contributed by atoms with E-state index in [1.54, 1.807) is 6.07 Å². The van der Waals surface area contributed by atoms with Crippen molar-refractivity contribution in [1.29, 1.82) is 0 Å². The number of benzene rings is 2. The van der Waals surface area contributed by atoms with Crippen LogP contribution in [0.2, 0.25) is 0 Å². The van der Waals surface area contributed by atoms with Gasteiger partial charge in [-0.2, -0.15) is 0 Å². The van der Waals surface area contributed by atoms with Crippen LogP contribution in [-0.2, 0) is 11.2 Å². The molecule has 0 fully saturated rings. The Kier molecular flexibility index (Phi) is 5.73.